The third-order valence-corrected chi connectivity index (χ3v) is 3.40. The van der Waals surface area contributed by atoms with Gasteiger partial charge in [0.05, 0.1) is 0 Å². The van der Waals surface area contributed by atoms with Crippen molar-refractivity contribution < 1.29 is 18.6 Å². The molecule has 0 amide bonds. The highest BCUT2D eigenvalue weighted by molar-refractivity contribution is 5.93. The number of phenols is 1. The van der Waals surface area contributed by atoms with Crippen molar-refractivity contribution in [2.24, 2.45) is 0 Å². The largest absolute Gasteiger partial charge is 0.508 e. The summed E-state index contributed by atoms with van der Waals surface area (Å²) in [7, 11) is 0. The smallest absolute Gasteiger partial charge is 0.130 e. The van der Waals surface area contributed by atoms with E-state index in [0.717, 1.165) is 22.8 Å². The van der Waals surface area contributed by atoms with Crippen LogP contribution in [-0.2, 0) is 0 Å². The van der Waals surface area contributed by atoms with Crippen molar-refractivity contribution >= 4 is 11.1 Å². The lowest BCUT2D eigenvalue weighted by atomic mass is 9.93. The standard InChI is InChI=1S/C16H12F2O2/c1-9-14-3-2-13(19)7-16(14)20-8-15(9)10-4-11(17)6-12(18)5-10/h2-7,19H,8H2,1H3. The number of halogens is 2. The Bertz CT molecular complexity index is 700. The molecule has 0 saturated heterocycles. The summed E-state index contributed by atoms with van der Waals surface area (Å²) in [4.78, 5) is 0. The molecule has 0 radical (unpaired) electrons. The average molecular weight is 274 g/mol. The topological polar surface area (TPSA) is 29.5 Å². The van der Waals surface area contributed by atoms with Crippen molar-refractivity contribution in [1.82, 2.24) is 0 Å². The van der Waals surface area contributed by atoms with Crippen molar-refractivity contribution in [3.05, 3.63) is 59.2 Å². The van der Waals surface area contributed by atoms with Crippen molar-refractivity contribution in [1.29, 1.82) is 0 Å². The predicted molar refractivity (Wildman–Crippen MR) is 72.4 cm³/mol. The summed E-state index contributed by atoms with van der Waals surface area (Å²) in [5, 5.41) is 9.43. The molecule has 1 aliphatic rings. The number of aromatic hydroxyl groups is 1. The Morgan fingerprint density at radius 1 is 1.05 bits per heavy atom. The fourth-order valence-electron chi connectivity index (χ4n) is 2.39. The molecule has 2 aromatic carbocycles. The Kier molecular flexibility index (Phi) is 2.93. The highest BCUT2D eigenvalue weighted by atomic mass is 19.1. The maximum atomic E-state index is 13.3. The van der Waals surface area contributed by atoms with Gasteiger partial charge >= 0.3 is 0 Å². The third-order valence-electron chi connectivity index (χ3n) is 3.40. The average Bonchev–Trinajstić information content (AvgIpc) is 2.37. The van der Waals surface area contributed by atoms with Gasteiger partial charge in [-0.15, -0.1) is 0 Å². The molecule has 0 unspecified atom stereocenters. The van der Waals surface area contributed by atoms with Crippen molar-refractivity contribution in [3.8, 4) is 11.5 Å². The number of benzene rings is 2. The van der Waals surface area contributed by atoms with Gasteiger partial charge in [-0.2, -0.15) is 0 Å². The lowest BCUT2D eigenvalue weighted by Crippen LogP contribution is -2.10. The summed E-state index contributed by atoms with van der Waals surface area (Å²) in [5.41, 5.74) is 2.91. The zero-order valence-electron chi connectivity index (χ0n) is 10.8. The van der Waals surface area contributed by atoms with E-state index in [9.17, 15) is 13.9 Å². The molecule has 102 valence electrons. The maximum absolute atomic E-state index is 13.3. The molecule has 0 saturated carbocycles. The minimum absolute atomic E-state index is 0.122. The van der Waals surface area contributed by atoms with Gasteiger partial charge in [-0.1, -0.05) is 0 Å². The van der Waals surface area contributed by atoms with Gasteiger partial charge < -0.3 is 9.84 Å². The first-order chi connectivity index (χ1) is 9.54. The van der Waals surface area contributed by atoms with E-state index in [-0.39, 0.29) is 12.4 Å². The highest BCUT2D eigenvalue weighted by Crippen LogP contribution is 2.38. The summed E-state index contributed by atoms with van der Waals surface area (Å²) >= 11 is 0. The summed E-state index contributed by atoms with van der Waals surface area (Å²) in [6, 6.07) is 8.24. The van der Waals surface area contributed by atoms with Gasteiger partial charge in [-0.3, -0.25) is 0 Å². The fourth-order valence-corrected chi connectivity index (χ4v) is 2.39. The lowest BCUT2D eigenvalue weighted by Gasteiger charge is -2.22. The van der Waals surface area contributed by atoms with Crippen LogP contribution in [0.5, 0.6) is 11.5 Å². The molecule has 0 aliphatic carbocycles. The number of phenolic OH excluding ortho intramolecular Hbond substituents is 1. The number of hydrogen-bond acceptors (Lipinski definition) is 2. The molecule has 20 heavy (non-hydrogen) atoms. The van der Waals surface area contributed by atoms with E-state index in [1.807, 2.05) is 6.92 Å². The zero-order valence-corrected chi connectivity index (χ0v) is 10.8. The molecule has 0 aromatic heterocycles. The van der Waals surface area contributed by atoms with Gasteiger partial charge in [0.25, 0.3) is 0 Å². The van der Waals surface area contributed by atoms with Crippen LogP contribution in [0.2, 0.25) is 0 Å². The minimum Gasteiger partial charge on any atom is -0.508 e. The summed E-state index contributed by atoms with van der Waals surface area (Å²) < 4.78 is 32.2. The van der Waals surface area contributed by atoms with Crippen LogP contribution in [0, 0.1) is 11.6 Å². The number of rotatable bonds is 1. The molecular formula is C16H12F2O2. The summed E-state index contributed by atoms with van der Waals surface area (Å²) in [6.07, 6.45) is 0. The Balaban J connectivity index is 2.14. The molecule has 4 heteroatoms. The van der Waals surface area contributed by atoms with Gasteiger partial charge in [0.15, 0.2) is 0 Å². The van der Waals surface area contributed by atoms with E-state index in [0.29, 0.717) is 11.3 Å². The first-order valence-corrected chi connectivity index (χ1v) is 6.17. The van der Waals surface area contributed by atoms with E-state index in [4.69, 9.17) is 4.74 Å². The van der Waals surface area contributed by atoms with Crippen LogP contribution >= 0.6 is 0 Å². The van der Waals surface area contributed by atoms with Crippen LogP contribution in [0.25, 0.3) is 11.1 Å². The number of hydrogen-bond donors (Lipinski definition) is 1. The Labute approximate surface area is 114 Å². The Morgan fingerprint density at radius 3 is 2.45 bits per heavy atom. The van der Waals surface area contributed by atoms with Gasteiger partial charge in [-0.05, 0) is 42.3 Å². The molecule has 0 atom stereocenters. The summed E-state index contributed by atoms with van der Waals surface area (Å²) in [6.45, 7) is 2.09. The minimum atomic E-state index is -0.614. The van der Waals surface area contributed by atoms with Crippen molar-refractivity contribution in [2.45, 2.75) is 6.92 Å². The zero-order chi connectivity index (χ0) is 14.3. The maximum Gasteiger partial charge on any atom is 0.130 e. The molecule has 0 bridgehead atoms. The van der Waals surface area contributed by atoms with E-state index >= 15 is 0 Å². The predicted octanol–water partition coefficient (Wildman–Crippen LogP) is 3.99. The van der Waals surface area contributed by atoms with E-state index in [1.54, 1.807) is 12.1 Å². The normalized spacial score (nSPS) is 13.9. The SMILES string of the molecule is CC1=C(c2cc(F)cc(F)c2)COc2cc(O)ccc21. The van der Waals surface area contributed by atoms with Crippen LogP contribution in [0.1, 0.15) is 18.1 Å². The second kappa shape index (κ2) is 4.63. The molecule has 1 N–H and O–H groups in total. The van der Waals surface area contributed by atoms with Gasteiger partial charge in [0.2, 0.25) is 0 Å². The van der Waals surface area contributed by atoms with Crippen LogP contribution in [0.3, 0.4) is 0 Å². The highest BCUT2D eigenvalue weighted by Gasteiger charge is 2.19. The van der Waals surface area contributed by atoms with E-state index in [2.05, 4.69) is 0 Å². The first-order valence-electron chi connectivity index (χ1n) is 6.17. The number of ether oxygens (including phenoxy) is 1. The summed E-state index contributed by atoms with van der Waals surface area (Å²) in [5.74, 6) is -0.534. The second-order valence-corrected chi connectivity index (χ2v) is 4.73. The Hall–Kier alpha value is -2.36. The van der Waals surface area contributed by atoms with Crippen LogP contribution in [0.15, 0.2) is 36.4 Å². The van der Waals surface area contributed by atoms with Gasteiger partial charge in [-0.25, -0.2) is 8.78 Å². The molecule has 0 fully saturated rings. The molecule has 3 rings (SSSR count). The number of fused-ring (bicyclic) bond motifs is 1. The van der Waals surface area contributed by atoms with Crippen molar-refractivity contribution in [2.75, 3.05) is 6.61 Å². The fraction of sp³-hybridized carbons (Fsp3) is 0.125. The van der Waals surface area contributed by atoms with Gasteiger partial charge in [0, 0.05) is 23.3 Å². The lowest BCUT2D eigenvalue weighted by molar-refractivity contribution is 0.361. The number of allylic oxidation sites excluding steroid dienone is 1. The van der Waals surface area contributed by atoms with E-state index in [1.165, 1.54) is 18.2 Å². The first kappa shape index (κ1) is 12.7. The molecule has 0 spiro atoms. The monoisotopic (exact) mass is 274 g/mol. The van der Waals surface area contributed by atoms with Gasteiger partial charge in [0.1, 0.15) is 29.7 Å². The van der Waals surface area contributed by atoms with Crippen LogP contribution in [-0.4, -0.2) is 11.7 Å². The second-order valence-electron chi connectivity index (χ2n) is 4.73. The molecule has 1 aliphatic heterocycles. The molecule has 2 nitrogen and oxygen atoms in total. The van der Waals surface area contributed by atoms with Crippen molar-refractivity contribution in [3.63, 3.8) is 0 Å². The van der Waals surface area contributed by atoms with Crippen LogP contribution < -0.4 is 4.74 Å². The molecule has 2 aromatic rings. The quantitative estimate of drug-likeness (QED) is 0.852. The molecule has 1 heterocycles. The molecular weight excluding hydrogens is 262 g/mol. The Morgan fingerprint density at radius 2 is 1.75 bits per heavy atom. The van der Waals surface area contributed by atoms with E-state index < -0.39 is 11.6 Å². The third kappa shape index (κ3) is 2.13. The van der Waals surface area contributed by atoms with Crippen LogP contribution in [0.4, 0.5) is 8.78 Å².